The summed E-state index contributed by atoms with van der Waals surface area (Å²) in [5, 5.41) is 0. The monoisotopic (exact) mass is 416 g/mol. The maximum absolute atomic E-state index is 14.5. The van der Waals surface area contributed by atoms with E-state index in [0.29, 0.717) is 16.8 Å². The third-order valence-electron chi connectivity index (χ3n) is 5.30. The third-order valence-corrected chi connectivity index (χ3v) is 5.30. The number of hydrogen-bond acceptors (Lipinski definition) is 2. The van der Waals surface area contributed by atoms with Gasteiger partial charge in [-0.3, -0.25) is 4.79 Å². The molecule has 3 nitrogen and oxygen atoms in total. The summed E-state index contributed by atoms with van der Waals surface area (Å²) in [5.74, 6) is 0.634. The van der Waals surface area contributed by atoms with Crippen molar-refractivity contribution in [3.63, 3.8) is 0 Å². The van der Waals surface area contributed by atoms with Crippen molar-refractivity contribution in [2.75, 3.05) is 0 Å². The molecule has 0 saturated carbocycles. The van der Waals surface area contributed by atoms with E-state index in [0.717, 1.165) is 28.3 Å². The van der Waals surface area contributed by atoms with Gasteiger partial charge in [0, 0.05) is 29.1 Å². The first-order chi connectivity index (χ1) is 14.8. The summed E-state index contributed by atoms with van der Waals surface area (Å²) in [6.07, 6.45) is 5.02. The van der Waals surface area contributed by atoms with Crippen molar-refractivity contribution in [2.24, 2.45) is 5.92 Å². The Morgan fingerprint density at radius 2 is 1.71 bits per heavy atom. The Kier molecular flexibility index (Phi) is 7.01. The third kappa shape index (κ3) is 5.26. The zero-order valence-corrected chi connectivity index (χ0v) is 18.8. The number of ketones is 1. The van der Waals surface area contributed by atoms with Gasteiger partial charge in [0.25, 0.3) is 0 Å². The summed E-state index contributed by atoms with van der Waals surface area (Å²) < 4.78 is 16.4. The summed E-state index contributed by atoms with van der Waals surface area (Å²) in [7, 11) is 0. The summed E-state index contributed by atoms with van der Waals surface area (Å²) in [4.78, 5) is 16.2. The largest absolute Gasteiger partial charge is 0.306 e. The second-order valence-electron chi connectivity index (χ2n) is 8.19. The van der Waals surface area contributed by atoms with Crippen molar-refractivity contribution >= 4 is 11.4 Å². The van der Waals surface area contributed by atoms with E-state index in [1.807, 2.05) is 54.0 Å². The lowest BCUT2D eigenvalue weighted by Gasteiger charge is -2.09. The predicted octanol–water partition coefficient (Wildman–Crippen LogP) is 7.37. The molecule has 2 heterocycles. The Balaban J connectivity index is 0.000000491. The molecule has 0 bridgehead atoms. The van der Waals surface area contributed by atoms with E-state index in [4.69, 9.17) is 0 Å². The van der Waals surface area contributed by atoms with Gasteiger partial charge in [0.05, 0.1) is 5.69 Å². The van der Waals surface area contributed by atoms with Gasteiger partial charge >= 0.3 is 0 Å². The number of hydrogen-bond donors (Lipinski definition) is 0. The van der Waals surface area contributed by atoms with Gasteiger partial charge < -0.3 is 4.40 Å². The highest BCUT2D eigenvalue weighted by atomic mass is 19.1. The van der Waals surface area contributed by atoms with Crippen LogP contribution < -0.4 is 0 Å². The number of fused-ring (bicyclic) bond motifs is 1. The number of pyridine rings is 1. The fourth-order valence-corrected chi connectivity index (χ4v) is 3.11. The Hall–Kier alpha value is -3.27. The van der Waals surface area contributed by atoms with Crippen molar-refractivity contribution in [1.82, 2.24) is 9.38 Å². The number of nitrogens with zero attached hydrogens (tertiary/aromatic N) is 2. The van der Waals surface area contributed by atoms with Crippen LogP contribution in [0.2, 0.25) is 0 Å². The molecular formula is C27H29FN2O. The molecule has 0 atom stereocenters. The van der Waals surface area contributed by atoms with E-state index < -0.39 is 0 Å². The molecule has 4 aromatic rings. The number of halogens is 1. The molecule has 0 aliphatic rings. The van der Waals surface area contributed by atoms with Crippen LogP contribution in [0.15, 0.2) is 67.0 Å². The fraction of sp³-hybridized carbons (Fsp3) is 0.259. The van der Waals surface area contributed by atoms with Gasteiger partial charge in [-0.25, -0.2) is 9.37 Å². The molecule has 0 amide bonds. The molecule has 0 N–H and O–H groups in total. The molecule has 0 aliphatic heterocycles. The van der Waals surface area contributed by atoms with E-state index in [9.17, 15) is 9.18 Å². The average Bonchev–Trinajstić information content (AvgIpc) is 3.17. The molecule has 0 unspecified atom stereocenters. The van der Waals surface area contributed by atoms with E-state index in [1.165, 1.54) is 19.4 Å². The lowest BCUT2D eigenvalue weighted by molar-refractivity contribution is 0.101. The predicted molar refractivity (Wildman–Crippen MR) is 126 cm³/mol. The molecule has 31 heavy (non-hydrogen) atoms. The number of aryl methyl sites for hydroxylation is 1. The summed E-state index contributed by atoms with van der Waals surface area (Å²) in [6.45, 7) is 10.0. The van der Waals surface area contributed by atoms with E-state index in [1.54, 1.807) is 18.2 Å². The first-order valence-electron chi connectivity index (χ1n) is 10.7. The molecule has 0 radical (unpaired) electrons. The minimum atomic E-state index is -0.250. The van der Waals surface area contributed by atoms with Crippen LogP contribution in [0.25, 0.3) is 28.0 Å². The van der Waals surface area contributed by atoms with E-state index in [2.05, 4.69) is 25.8 Å². The Morgan fingerprint density at radius 1 is 1.03 bits per heavy atom. The van der Waals surface area contributed by atoms with Crippen molar-refractivity contribution in [1.29, 1.82) is 0 Å². The van der Waals surface area contributed by atoms with Crippen LogP contribution in [0.3, 0.4) is 0 Å². The second kappa shape index (κ2) is 9.69. The summed E-state index contributed by atoms with van der Waals surface area (Å²) in [5.41, 5.74) is 5.12. The molecule has 2 aromatic heterocycles. The smallest absolute Gasteiger partial charge is 0.159 e. The topological polar surface area (TPSA) is 34.4 Å². The highest BCUT2D eigenvalue weighted by Gasteiger charge is 2.14. The number of carbonyl (C=O) groups excluding carboxylic acids is 1. The van der Waals surface area contributed by atoms with E-state index in [-0.39, 0.29) is 11.6 Å². The SMILES string of the molecule is CC(=O)c1ccn2cc(-c3ccccc3-c3ccc(C)cc3F)nc2c1.CCC(C)C. The minimum Gasteiger partial charge on any atom is -0.306 e. The van der Waals surface area contributed by atoms with Crippen LogP contribution in [0.1, 0.15) is 50.0 Å². The number of benzene rings is 2. The van der Waals surface area contributed by atoms with Gasteiger partial charge in [0.1, 0.15) is 11.5 Å². The lowest BCUT2D eigenvalue weighted by atomic mass is 9.97. The fourth-order valence-electron chi connectivity index (χ4n) is 3.11. The zero-order chi connectivity index (χ0) is 22.5. The maximum atomic E-state index is 14.5. The first-order valence-corrected chi connectivity index (χ1v) is 10.7. The van der Waals surface area contributed by atoms with Crippen LogP contribution in [0, 0.1) is 18.7 Å². The second-order valence-corrected chi connectivity index (χ2v) is 8.19. The number of carbonyl (C=O) groups is 1. The van der Waals surface area contributed by atoms with Crippen LogP contribution in [0.4, 0.5) is 4.39 Å². The normalized spacial score (nSPS) is 10.8. The van der Waals surface area contributed by atoms with Gasteiger partial charge in [-0.05, 0) is 49.1 Å². The van der Waals surface area contributed by atoms with Gasteiger partial charge in [0.15, 0.2) is 5.78 Å². The van der Waals surface area contributed by atoms with Crippen molar-refractivity contribution in [3.05, 3.63) is 83.9 Å². The van der Waals surface area contributed by atoms with E-state index >= 15 is 0 Å². The maximum Gasteiger partial charge on any atom is 0.159 e. The van der Waals surface area contributed by atoms with Crippen LogP contribution in [-0.2, 0) is 0 Å². The summed E-state index contributed by atoms with van der Waals surface area (Å²) >= 11 is 0. The summed E-state index contributed by atoms with van der Waals surface area (Å²) in [6, 6.07) is 16.4. The molecule has 0 aliphatic carbocycles. The van der Waals surface area contributed by atoms with Crippen LogP contribution in [-0.4, -0.2) is 15.2 Å². The molecule has 0 spiro atoms. The molecular weight excluding hydrogens is 387 g/mol. The number of Topliss-reactive ketones (excluding diaryl/α,β-unsaturated/α-hetero) is 1. The molecule has 160 valence electrons. The molecule has 0 fully saturated rings. The standard InChI is InChI=1S/C22H17FN2O.C5H12/c1-14-7-8-18(20(23)11-14)17-5-3-4-6-19(17)21-13-25-10-9-16(15(2)26)12-22(25)24-21;1-4-5(2)3/h3-13H,1-2H3;5H,4H2,1-3H3. The molecule has 2 aromatic carbocycles. The Labute approximate surface area is 183 Å². The van der Waals surface area contributed by atoms with Crippen LogP contribution in [0.5, 0.6) is 0 Å². The van der Waals surface area contributed by atoms with Gasteiger partial charge in [-0.2, -0.15) is 0 Å². The molecule has 4 heteroatoms. The number of imidazole rings is 1. The van der Waals surface area contributed by atoms with Crippen molar-refractivity contribution in [2.45, 2.75) is 41.0 Å². The van der Waals surface area contributed by atoms with Gasteiger partial charge in [-0.15, -0.1) is 0 Å². The zero-order valence-electron chi connectivity index (χ0n) is 18.8. The van der Waals surface area contributed by atoms with Gasteiger partial charge in [-0.1, -0.05) is 63.6 Å². The number of aromatic nitrogens is 2. The molecule has 0 saturated heterocycles. The van der Waals surface area contributed by atoms with Crippen LogP contribution >= 0.6 is 0 Å². The minimum absolute atomic E-state index is 0.000762. The Morgan fingerprint density at radius 3 is 2.32 bits per heavy atom. The first kappa shape index (κ1) is 22.4. The van der Waals surface area contributed by atoms with Crippen molar-refractivity contribution in [3.8, 4) is 22.4 Å². The highest BCUT2D eigenvalue weighted by molar-refractivity contribution is 5.95. The van der Waals surface area contributed by atoms with Crippen molar-refractivity contribution < 1.29 is 9.18 Å². The molecule has 4 rings (SSSR count). The van der Waals surface area contributed by atoms with Gasteiger partial charge in [0.2, 0.25) is 0 Å². The lowest BCUT2D eigenvalue weighted by Crippen LogP contribution is -1.93. The quantitative estimate of drug-likeness (QED) is 0.325. The Bertz CT molecular complexity index is 1210. The average molecular weight is 417 g/mol. The number of rotatable bonds is 4. The highest BCUT2D eigenvalue weighted by Crippen LogP contribution is 2.33.